The van der Waals surface area contributed by atoms with Crippen LogP contribution in [0.25, 0.3) is 0 Å². The molecule has 8 heteroatoms. The number of esters is 1. The van der Waals surface area contributed by atoms with E-state index < -0.39 is 11.9 Å². The summed E-state index contributed by atoms with van der Waals surface area (Å²) in [4.78, 5) is 36.0. The lowest BCUT2D eigenvalue weighted by molar-refractivity contribution is -0.144. The fourth-order valence-corrected chi connectivity index (χ4v) is 2.73. The van der Waals surface area contributed by atoms with Crippen molar-refractivity contribution in [3.8, 4) is 0 Å². The molecule has 2 aromatic rings. The highest BCUT2D eigenvalue weighted by Gasteiger charge is 2.13. The van der Waals surface area contributed by atoms with Gasteiger partial charge in [0.05, 0.1) is 24.3 Å². The van der Waals surface area contributed by atoms with E-state index in [1.54, 1.807) is 24.3 Å². The Bertz CT molecular complexity index is 887. The zero-order chi connectivity index (χ0) is 21.8. The first-order valence-corrected chi connectivity index (χ1v) is 10.1. The van der Waals surface area contributed by atoms with Crippen LogP contribution in [0, 0.1) is 0 Å². The molecule has 2 amide bonds. The topological polar surface area (TPSA) is 96.5 Å². The van der Waals surface area contributed by atoms with E-state index in [1.165, 1.54) is 0 Å². The number of nitrogens with one attached hydrogen (secondary N) is 3. The van der Waals surface area contributed by atoms with E-state index >= 15 is 0 Å². The van der Waals surface area contributed by atoms with Crippen molar-refractivity contribution in [2.45, 2.75) is 32.7 Å². The molecule has 0 aliphatic heterocycles. The molecule has 3 N–H and O–H groups in total. The molecule has 0 unspecified atom stereocenters. The fourth-order valence-electron chi connectivity index (χ4n) is 2.51. The van der Waals surface area contributed by atoms with Gasteiger partial charge in [-0.05, 0) is 36.3 Å². The van der Waals surface area contributed by atoms with E-state index in [1.807, 2.05) is 37.3 Å². The molecule has 0 aliphatic carbocycles. The molecule has 0 saturated carbocycles. The van der Waals surface area contributed by atoms with Crippen molar-refractivity contribution in [3.05, 3.63) is 65.7 Å². The summed E-state index contributed by atoms with van der Waals surface area (Å²) in [5, 5.41) is 8.28. The molecule has 158 valence electrons. The number of amides is 2. The van der Waals surface area contributed by atoms with E-state index in [-0.39, 0.29) is 23.9 Å². The maximum absolute atomic E-state index is 12.6. The minimum atomic E-state index is -0.425. The van der Waals surface area contributed by atoms with Crippen molar-refractivity contribution < 1.29 is 19.1 Å². The van der Waals surface area contributed by atoms with Gasteiger partial charge in [-0.25, -0.2) is 0 Å². The Morgan fingerprint density at radius 1 is 0.967 bits per heavy atom. The van der Waals surface area contributed by atoms with Crippen LogP contribution < -0.4 is 16.0 Å². The van der Waals surface area contributed by atoms with Crippen molar-refractivity contribution in [1.82, 2.24) is 10.6 Å². The molecule has 0 atom stereocenters. The monoisotopic (exact) mass is 427 g/mol. The zero-order valence-electron chi connectivity index (χ0n) is 16.8. The van der Waals surface area contributed by atoms with Crippen molar-refractivity contribution >= 4 is 40.8 Å². The highest BCUT2D eigenvalue weighted by molar-refractivity contribution is 7.80. The molecule has 0 saturated heterocycles. The summed E-state index contributed by atoms with van der Waals surface area (Å²) in [5.41, 5.74) is 1.85. The molecule has 0 fully saturated rings. The molecule has 0 aromatic heterocycles. The standard InChI is InChI=1S/C22H25N3O4S/c1-2-14-29-20(27)13-12-19(26)25-22(30)24-18-11-7-6-10-17(18)21(28)23-15-16-8-4-3-5-9-16/h3-11H,2,12-15H2,1H3,(H,23,28)(H2,24,25,26,30). The van der Waals surface area contributed by atoms with E-state index in [0.717, 1.165) is 12.0 Å². The van der Waals surface area contributed by atoms with Crippen LogP contribution in [-0.4, -0.2) is 29.5 Å². The lowest BCUT2D eigenvalue weighted by atomic mass is 10.1. The Morgan fingerprint density at radius 3 is 2.40 bits per heavy atom. The molecule has 0 heterocycles. The second-order valence-corrected chi connectivity index (χ2v) is 6.84. The maximum Gasteiger partial charge on any atom is 0.306 e. The number of hydrogen-bond donors (Lipinski definition) is 3. The number of anilines is 1. The van der Waals surface area contributed by atoms with Crippen LogP contribution in [0.5, 0.6) is 0 Å². The third-order valence-electron chi connectivity index (χ3n) is 3.99. The Balaban J connectivity index is 1.87. The lowest BCUT2D eigenvalue weighted by Gasteiger charge is -2.13. The number of para-hydroxylation sites is 1. The minimum absolute atomic E-state index is 0.0209. The first kappa shape index (κ1) is 23.0. The van der Waals surface area contributed by atoms with Crippen molar-refractivity contribution in [3.63, 3.8) is 0 Å². The average molecular weight is 428 g/mol. The van der Waals surface area contributed by atoms with Gasteiger partial charge in [0.1, 0.15) is 0 Å². The number of carbonyl (C=O) groups is 3. The third kappa shape index (κ3) is 8.00. The first-order valence-electron chi connectivity index (χ1n) is 9.67. The van der Waals surface area contributed by atoms with Gasteiger partial charge < -0.3 is 20.7 Å². The highest BCUT2D eigenvalue weighted by Crippen LogP contribution is 2.15. The largest absolute Gasteiger partial charge is 0.466 e. The molecule has 7 nitrogen and oxygen atoms in total. The van der Waals surface area contributed by atoms with Gasteiger partial charge >= 0.3 is 5.97 Å². The van der Waals surface area contributed by atoms with E-state index in [0.29, 0.717) is 24.4 Å². The van der Waals surface area contributed by atoms with E-state index in [4.69, 9.17) is 17.0 Å². The van der Waals surface area contributed by atoms with Crippen LogP contribution in [0.15, 0.2) is 54.6 Å². The second-order valence-electron chi connectivity index (χ2n) is 6.44. The minimum Gasteiger partial charge on any atom is -0.466 e. The number of carbonyl (C=O) groups excluding carboxylic acids is 3. The molecule has 0 radical (unpaired) electrons. The van der Waals surface area contributed by atoms with Crippen LogP contribution in [0.3, 0.4) is 0 Å². The second kappa shape index (κ2) is 12.3. The van der Waals surface area contributed by atoms with Crippen molar-refractivity contribution in [2.24, 2.45) is 0 Å². The van der Waals surface area contributed by atoms with Gasteiger partial charge in [-0.3, -0.25) is 14.4 Å². The summed E-state index contributed by atoms with van der Waals surface area (Å²) >= 11 is 5.16. The van der Waals surface area contributed by atoms with Crippen LogP contribution >= 0.6 is 12.2 Å². The molecular formula is C22H25N3O4S. The van der Waals surface area contributed by atoms with Crippen LogP contribution in [0.4, 0.5) is 5.69 Å². The number of ether oxygens (including phenoxy) is 1. The maximum atomic E-state index is 12.6. The van der Waals surface area contributed by atoms with Crippen LogP contribution in [-0.2, 0) is 20.9 Å². The summed E-state index contributed by atoms with van der Waals surface area (Å²) in [7, 11) is 0. The predicted molar refractivity (Wildman–Crippen MR) is 119 cm³/mol. The molecule has 0 bridgehead atoms. The van der Waals surface area contributed by atoms with Gasteiger partial charge in [0.15, 0.2) is 5.11 Å². The quantitative estimate of drug-likeness (QED) is 0.420. The van der Waals surface area contributed by atoms with Crippen LogP contribution in [0.2, 0.25) is 0 Å². The Morgan fingerprint density at radius 2 is 1.67 bits per heavy atom. The lowest BCUT2D eigenvalue weighted by Crippen LogP contribution is -2.35. The molecule has 2 aromatic carbocycles. The van der Waals surface area contributed by atoms with Crippen molar-refractivity contribution in [2.75, 3.05) is 11.9 Å². The molecular weight excluding hydrogens is 402 g/mol. The van der Waals surface area contributed by atoms with Gasteiger partial charge in [0.25, 0.3) is 5.91 Å². The highest BCUT2D eigenvalue weighted by atomic mass is 32.1. The fraction of sp³-hybridized carbons (Fsp3) is 0.273. The van der Waals surface area contributed by atoms with Gasteiger partial charge in [0.2, 0.25) is 5.91 Å². The molecule has 0 aliphatic rings. The molecule has 30 heavy (non-hydrogen) atoms. The Kier molecular flexibility index (Phi) is 9.47. The SMILES string of the molecule is CCCOC(=O)CCC(=O)NC(=S)Nc1ccccc1C(=O)NCc1ccccc1. The zero-order valence-corrected chi connectivity index (χ0v) is 17.6. The normalized spacial score (nSPS) is 10.0. The summed E-state index contributed by atoms with van der Waals surface area (Å²) in [6.07, 6.45) is 0.667. The average Bonchev–Trinajstić information content (AvgIpc) is 2.75. The van der Waals surface area contributed by atoms with E-state index in [2.05, 4.69) is 16.0 Å². The summed E-state index contributed by atoms with van der Waals surface area (Å²) < 4.78 is 4.93. The van der Waals surface area contributed by atoms with Gasteiger partial charge in [-0.1, -0.05) is 49.4 Å². The number of rotatable bonds is 9. The Labute approximate surface area is 181 Å². The molecule has 2 rings (SSSR count). The Hall–Kier alpha value is -3.26. The summed E-state index contributed by atoms with van der Waals surface area (Å²) in [5.74, 6) is -1.10. The number of hydrogen-bond acceptors (Lipinski definition) is 5. The smallest absolute Gasteiger partial charge is 0.306 e. The van der Waals surface area contributed by atoms with Crippen molar-refractivity contribution in [1.29, 1.82) is 0 Å². The third-order valence-corrected chi connectivity index (χ3v) is 4.20. The molecule has 0 spiro atoms. The summed E-state index contributed by atoms with van der Waals surface area (Å²) in [6, 6.07) is 16.4. The predicted octanol–water partition coefficient (Wildman–Crippen LogP) is 3.16. The van der Waals surface area contributed by atoms with Gasteiger partial charge in [-0.15, -0.1) is 0 Å². The van der Waals surface area contributed by atoms with E-state index in [9.17, 15) is 14.4 Å². The first-order chi connectivity index (χ1) is 14.5. The van der Waals surface area contributed by atoms with Gasteiger partial charge in [-0.2, -0.15) is 0 Å². The van der Waals surface area contributed by atoms with Gasteiger partial charge in [0, 0.05) is 13.0 Å². The number of benzene rings is 2. The van der Waals surface area contributed by atoms with Crippen LogP contribution in [0.1, 0.15) is 42.1 Å². The summed E-state index contributed by atoms with van der Waals surface area (Å²) in [6.45, 7) is 2.62. The number of thiocarbonyl (C=S) groups is 1.